The van der Waals surface area contributed by atoms with Crippen molar-refractivity contribution in [3.05, 3.63) is 62.6 Å². The van der Waals surface area contributed by atoms with Crippen LogP contribution in [0.4, 0.5) is 5.69 Å². The predicted molar refractivity (Wildman–Crippen MR) is 76.9 cm³/mol. The molecule has 0 atom stereocenters. The molecule has 0 amide bonds. The Morgan fingerprint density at radius 2 is 2.00 bits per heavy atom. The van der Waals surface area contributed by atoms with Crippen molar-refractivity contribution in [3.63, 3.8) is 0 Å². The summed E-state index contributed by atoms with van der Waals surface area (Å²) in [5, 5.41) is 10.8. The summed E-state index contributed by atoms with van der Waals surface area (Å²) in [5.74, 6) is 1.20. The van der Waals surface area contributed by atoms with E-state index in [9.17, 15) is 10.1 Å². The number of benzene rings is 2. The third kappa shape index (κ3) is 3.24. The molecule has 6 heteroatoms. The molecular weight excluding hydrogens is 334 g/mol. The van der Waals surface area contributed by atoms with Crippen molar-refractivity contribution in [1.82, 2.24) is 0 Å². The molecule has 2 aromatic carbocycles. The number of hydrogen-bond donors (Lipinski definition) is 0. The van der Waals surface area contributed by atoms with E-state index < -0.39 is 4.92 Å². The highest BCUT2D eigenvalue weighted by Crippen LogP contribution is 2.32. The van der Waals surface area contributed by atoms with Crippen LogP contribution in [0.3, 0.4) is 0 Å². The van der Waals surface area contributed by atoms with Crippen LogP contribution in [0.1, 0.15) is 5.56 Å². The number of nitro benzene ring substituents is 1. The molecule has 2 rings (SSSR count). The molecule has 0 bridgehead atoms. The number of para-hydroxylation sites is 1. The predicted octanol–water partition coefficient (Wildman–Crippen LogP) is 4.89. The van der Waals surface area contributed by atoms with Crippen molar-refractivity contribution in [1.29, 1.82) is 0 Å². The van der Waals surface area contributed by atoms with Crippen LogP contribution in [0.5, 0.6) is 11.5 Å². The van der Waals surface area contributed by atoms with E-state index in [1.165, 1.54) is 6.07 Å². The van der Waals surface area contributed by atoms with Gasteiger partial charge in [-0.1, -0.05) is 12.1 Å². The molecule has 0 aliphatic heterocycles. The van der Waals surface area contributed by atoms with E-state index in [-0.39, 0.29) is 11.6 Å². The van der Waals surface area contributed by atoms with Gasteiger partial charge < -0.3 is 4.74 Å². The fourth-order valence-corrected chi connectivity index (χ4v) is 2.14. The number of nitro groups is 1. The molecule has 0 N–H and O–H groups in total. The normalized spacial score (nSPS) is 10.2. The van der Waals surface area contributed by atoms with Gasteiger partial charge in [-0.25, -0.2) is 0 Å². The smallest absolute Gasteiger partial charge is 0.274 e. The maximum absolute atomic E-state index is 10.8. The SMILES string of the molecule is O=[N+]([O-])c1ccc(Oc2ccccc2Br)cc1CCl. The van der Waals surface area contributed by atoms with Crippen LogP contribution in [0.2, 0.25) is 0 Å². The molecule has 0 aromatic heterocycles. The van der Waals surface area contributed by atoms with Gasteiger partial charge in [0.25, 0.3) is 5.69 Å². The molecule has 0 saturated carbocycles. The minimum atomic E-state index is -0.458. The fourth-order valence-electron chi connectivity index (χ4n) is 1.56. The summed E-state index contributed by atoms with van der Waals surface area (Å²) in [4.78, 5) is 10.3. The minimum Gasteiger partial charge on any atom is -0.456 e. The zero-order valence-electron chi connectivity index (χ0n) is 9.68. The highest BCUT2D eigenvalue weighted by atomic mass is 79.9. The van der Waals surface area contributed by atoms with Crippen LogP contribution in [0.15, 0.2) is 46.9 Å². The average Bonchev–Trinajstić information content (AvgIpc) is 2.41. The Labute approximate surface area is 123 Å². The standard InChI is InChI=1S/C13H9BrClNO3/c14-11-3-1-2-4-13(11)19-10-5-6-12(16(17)18)9(7-10)8-15/h1-7H,8H2. The number of alkyl halides is 1. The van der Waals surface area contributed by atoms with E-state index in [0.717, 1.165) is 4.47 Å². The molecule has 19 heavy (non-hydrogen) atoms. The lowest BCUT2D eigenvalue weighted by Crippen LogP contribution is -1.94. The van der Waals surface area contributed by atoms with Gasteiger partial charge in [0, 0.05) is 11.6 Å². The molecule has 2 aromatic rings. The van der Waals surface area contributed by atoms with Crippen molar-refractivity contribution in [2.45, 2.75) is 5.88 Å². The summed E-state index contributed by atoms with van der Waals surface area (Å²) in [7, 11) is 0. The average molecular weight is 343 g/mol. The van der Waals surface area contributed by atoms with Crippen LogP contribution in [-0.4, -0.2) is 4.92 Å². The number of nitrogens with zero attached hydrogens (tertiary/aromatic N) is 1. The first kappa shape index (κ1) is 13.8. The number of hydrogen-bond acceptors (Lipinski definition) is 3. The Kier molecular flexibility index (Phi) is 4.39. The summed E-state index contributed by atoms with van der Waals surface area (Å²) < 4.78 is 6.46. The van der Waals surface area contributed by atoms with Gasteiger partial charge >= 0.3 is 0 Å². The van der Waals surface area contributed by atoms with Crippen molar-refractivity contribution in [3.8, 4) is 11.5 Å². The lowest BCUT2D eigenvalue weighted by molar-refractivity contribution is -0.385. The molecule has 0 aliphatic carbocycles. The largest absolute Gasteiger partial charge is 0.456 e. The Bertz CT molecular complexity index is 619. The van der Waals surface area contributed by atoms with E-state index in [2.05, 4.69) is 15.9 Å². The molecule has 0 fully saturated rings. The van der Waals surface area contributed by atoms with Gasteiger partial charge in [0.1, 0.15) is 11.5 Å². The molecule has 0 radical (unpaired) electrons. The molecule has 0 unspecified atom stereocenters. The monoisotopic (exact) mass is 341 g/mol. The zero-order valence-corrected chi connectivity index (χ0v) is 12.0. The number of rotatable bonds is 4. The lowest BCUT2D eigenvalue weighted by Gasteiger charge is -2.08. The Morgan fingerprint density at radius 1 is 1.26 bits per heavy atom. The number of ether oxygens (including phenoxy) is 1. The topological polar surface area (TPSA) is 52.4 Å². The lowest BCUT2D eigenvalue weighted by atomic mass is 10.2. The first-order chi connectivity index (χ1) is 9.11. The quantitative estimate of drug-likeness (QED) is 0.451. The van der Waals surface area contributed by atoms with Gasteiger partial charge in [-0.15, -0.1) is 11.6 Å². The van der Waals surface area contributed by atoms with Crippen LogP contribution in [0, 0.1) is 10.1 Å². The van der Waals surface area contributed by atoms with Gasteiger partial charge in [0.05, 0.1) is 15.3 Å². The van der Waals surface area contributed by atoms with Crippen molar-refractivity contribution >= 4 is 33.2 Å². The summed E-state index contributed by atoms with van der Waals surface area (Å²) >= 11 is 9.08. The van der Waals surface area contributed by atoms with Gasteiger partial charge in [0.15, 0.2) is 0 Å². The first-order valence-electron chi connectivity index (χ1n) is 5.37. The van der Waals surface area contributed by atoms with Crippen molar-refractivity contribution in [2.75, 3.05) is 0 Å². The molecule has 0 spiro atoms. The third-order valence-corrected chi connectivity index (χ3v) is 3.40. The van der Waals surface area contributed by atoms with Crippen LogP contribution in [-0.2, 0) is 5.88 Å². The fraction of sp³-hybridized carbons (Fsp3) is 0.0769. The summed E-state index contributed by atoms with van der Waals surface area (Å²) in [5.41, 5.74) is 0.422. The van der Waals surface area contributed by atoms with Crippen LogP contribution >= 0.6 is 27.5 Å². The van der Waals surface area contributed by atoms with Gasteiger partial charge in [-0.3, -0.25) is 10.1 Å². The second-order valence-corrected chi connectivity index (χ2v) is 4.84. The number of halogens is 2. The zero-order chi connectivity index (χ0) is 13.8. The second-order valence-electron chi connectivity index (χ2n) is 3.71. The van der Waals surface area contributed by atoms with Gasteiger partial charge in [0.2, 0.25) is 0 Å². The van der Waals surface area contributed by atoms with E-state index in [0.29, 0.717) is 17.1 Å². The van der Waals surface area contributed by atoms with E-state index >= 15 is 0 Å². The summed E-state index contributed by atoms with van der Waals surface area (Å²) in [6.45, 7) is 0. The van der Waals surface area contributed by atoms with Crippen LogP contribution in [0.25, 0.3) is 0 Å². The highest BCUT2D eigenvalue weighted by Gasteiger charge is 2.14. The molecule has 0 saturated heterocycles. The van der Waals surface area contributed by atoms with E-state index in [1.54, 1.807) is 18.2 Å². The summed E-state index contributed by atoms with van der Waals surface area (Å²) in [6.07, 6.45) is 0. The molecule has 0 heterocycles. The molecular formula is C13H9BrClNO3. The minimum absolute atomic E-state index is 0.00511. The molecule has 4 nitrogen and oxygen atoms in total. The van der Waals surface area contributed by atoms with Crippen LogP contribution < -0.4 is 4.74 Å². The Morgan fingerprint density at radius 3 is 2.63 bits per heavy atom. The molecule has 0 aliphatic rings. The second kappa shape index (κ2) is 6.04. The third-order valence-electron chi connectivity index (χ3n) is 2.46. The summed E-state index contributed by atoms with van der Waals surface area (Å²) in [6, 6.07) is 11.9. The Hall–Kier alpha value is -1.59. The maximum Gasteiger partial charge on any atom is 0.274 e. The van der Waals surface area contributed by atoms with E-state index in [1.807, 2.05) is 18.2 Å². The van der Waals surface area contributed by atoms with E-state index in [4.69, 9.17) is 16.3 Å². The molecule has 98 valence electrons. The van der Waals surface area contributed by atoms with Gasteiger partial charge in [-0.05, 0) is 40.2 Å². The van der Waals surface area contributed by atoms with Gasteiger partial charge in [-0.2, -0.15) is 0 Å². The highest BCUT2D eigenvalue weighted by molar-refractivity contribution is 9.10. The Balaban J connectivity index is 2.32. The maximum atomic E-state index is 10.8. The van der Waals surface area contributed by atoms with Crippen molar-refractivity contribution < 1.29 is 9.66 Å². The van der Waals surface area contributed by atoms with Crippen molar-refractivity contribution in [2.24, 2.45) is 0 Å². The first-order valence-corrected chi connectivity index (χ1v) is 6.70.